The van der Waals surface area contributed by atoms with Crippen LogP contribution < -0.4 is 10.5 Å². The number of morpholine rings is 1. The molecule has 36 heavy (non-hydrogen) atoms. The summed E-state index contributed by atoms with van der Waals surface area (Å²) in [5, 5.41) is 0. The van der Waals surface area contributed by atoms with Crippen LogP contribution in [0, 0.1) is 17.8 Å². The molecule has 8 atom stereocenters. The highest BCUT2D eigenvalue weighted by molar-refractivity contribution is 5.82. The molecule has 8 nitrogen and oxygen atoms in total. The van der Waals surface area contributed by atoms with Crippen molar-refractivity contribution in [3.8, 4) is 0 Å². The van der Waals surface area contributed by atoms with Crippen molar-refractivity contribution in [3.63, 3.8) is 0 Å². The van der Waals surface area contributed by atoms with E-state index in [1.807, 2.05) is 0 Å². The standard InChI is InChI=1S/C25H33F3N4O4/c1-13-15-7-19(36-10-15)14(2)23(13)18-8-21(33)30-6-5-20(25(26,27)28)31(24(30)29-18)9-22(34)32-16-3-4-17(32)12-35-11-16/h8,13-17,19-20,23H,3-7,9-12H2,1-2H3/t13?,14?,15?,16?,17?,19-,20-,23?/m0/s1. The zero-order chi connectivity index (χ0) is 25.4. The lowest BCUT2D eigenvalue weighted by atomic mass is 9.67. The highest BCUT2D eigenvalue weighted by Gasteiger charge is 2.50. The van der Waals surface area contributed by atoms with E-state index in [4.69, 9.17) is 14.5 Å². The molecule has 6 unspecified atom stereocenters. The Morgan fingerprint density at radius 3 is 2.53 bits per heavy atom. The van der Waals surface area contributed by atoms with E-state index < -0.39 is 18.8 Å². The Morgan fingerprint density at radius 2 is 1.83 bits per heavy atom. The lowest BCUT2D eigenvalue weighted by molar-refractivity contribution is -0.155. The number of amides is 1. The number of nitrogens with zero attached hydrogens (tertiary/aromatic N) is 4. The molecule has 1 aromatic rings. The van der Waals surface area contributed by atoms with Gasteiger partial charge in [0.1, 0.15) is 12.6 Å². The lowest BCUT2D eigenvalue weighted by Gasteiger charge is -2.42. The van der Waals surface area contributed by atoms with Gasteiger partial charge in [0.25, 0.3) is 5.56 Å². The molecular weight excluding hydrogens is 477 g/mol. The first-order chi connectivity index (χ1) is 17.1. The van der Waals surface area contributed by atoms with Crippen LogP contribution in [-0.2, 0) is 20.8 Å². The van der Waals surface area contributed by atoms with Crippen LogP contribution in [0.5, 0.6) is 0 Å². The van der Waals surface area contributed by atoms with E-state index in [-0.39, 0.29) is 66.3 Å². The van der Waals surface area contributed by atoms with Crippen molar-refractivity contribution in [1.82, 2.24) is 14.5 Å². The topological polar surface area (TPSA) is 76.9 Å². The van der Waals surface area contributed by atoms with Gasteiger partial charge in [-0.25, -0.2) is 4.98 Å². The number of hydrogen-bond donors (Lipinski definition) is 0. The number of fused-ring (bicyclic) bond motifs is 5. The second-order valence-corrected chi connectivity index (χ2v) is 11.3. The Balaban J connectivity index is 1.38. The quantitative estimate of drug-likeness (QED) is 0.622. The summed E-state index contributed by atoms with van der Waals surface area (Å²) in [5.74, 6) is 0.129. The number of anilines is 1. The van der Waals surface area contributed by atoms with Crippen molar-refractivity contribution in [2.45, 2.75) is 82.4 Å². The molecule has 4 aliphatic heterocycles. The minimum Gasteiger partial charge on any atom is -0.378 e. The maximum Gasteiger partial charge on any atom is 0.408 e. The molecule has 1 saturated carbocycles. The first-order valence-electron chi connectivity index (χ1n) is 13.1. The molecule has 0 N–H and O–H groups in total. The zero-order valence-electron chi connectivity index (χ0n) is 20.6. The largest absolute Gasteiger partial charge is 0.408 e. The number of halogens is 3. The Morgan fingerprint density at radius 1 is 1.11 bits per heavy atom. The third-order valence-electron chi connectivity index (χ3n) is 9.34. The van der Waals surface area contributed by atoms with E-state index in [9.17, 15) is 22.8 Å². The number of carbonyl (C=O) groups is 1. The van der Waals surface area contributed by atoms with Crippen molar-refractivity contribution >= 4 is 11.9 Å². The summed E-state index contributed by atoms with van der Waals surface area (Å²) in [4.78, 5) is 34.1. The minimum atomic E-state index is -4.55. The Bertz CT molecular complexity index is 1060. The third-order valence-corrected chi connectivity index (χ3v) is 9.34. The lowest BCUT2D eigenvalue weighted by Crippen LogP contribution is -2.58. The van der Waals surface area contributed by atoms with Gasteiger partial charge in [-0.2, -0.15) is 13.2 Å². The summed E-state index contributed by atoms with van der Waals surface area (Å²) in [6.45, 7) is 5.12. The van der Waals surface area contributed by atoms with E-state index in [1.54, 1.807) is 4.90 Å². The third kappa shape index (κ3) is 3.84. The molecule has 5 aliphatic rings. The van der Waals surface area contributed by atoms with Crippen molar-refractivity contribution in [3.05, 3.63) is 22.1 Å². The van der Waals surface area contributed by atoms with Gasteiger partial charge in [-0.3, -0.25) is 14.2 Å². The van der Waals surface area contributed by atoms with Crippen LogP contribution in [0.3, 0.4) is 0 Å². The highest BCUT2D eigenvalue weighted by atomic mass is 19.4. The molecule has 0 radical (unpaired) electrons. The molecule has 5 heterocycles. The van der Waals surface area contributed by atoms with Crippen LogP contribution in [0.15, 0.2) is 10.9 Å². The van der Waals surface area contributed by atoms with Crippen molar-refractivity contribution in [1.29, 1.82) is 0 Å². The number of ether oxygens (including phenoxy) is 2. The van der Waals surface area contributed by atoms with Gasteiger partial charge in [-0.15, -0.1) is 0 Å². The first-order valence-corrected chi connectivity index (χ1v) is 13.1. The molecule has 1 aromatic heterocycles. The zero-order valence-corrected chi connectivity index (χ0v) is 20.6. The Hall–Kier alpha value is -2.14. The average molecular weight is 511 g/mol. The van der Waals surface area contributed by atoms with Crippen molar-refractivity contribution in [2.75, 3.05) is 31.3 Å². The van der Waals surface area contributed by atoms with Gasteiger partial charge in [-0.1, -0.05) is 13.8 Å². The molecule has 1 aliphatic carbocycles. The number of carbonyl (C=O) groups excluding carboxylic acids is 1. The van der Waals surface area contributed by atoms with Gasteiger partial charge < -0.3 is 19.3 Å². The van der Waals surface area contributed by atoms with Gasteiger partial charge >= 0.3 is 6.18 Å². The maximum absolute atomic E-state index is 14.2. The number of rotatable bonds is 3. The molecular formula is C25H33F3N4O4. The van der Waals surface area contributed by atoms with Gasteiger partial charge in [0.05, 0.1) is 43.7 Å². The van der Waals surface area contributed by atoms with Crippen LogP contribution in [0.2, 0.25) is 0 Å². The minimum absolute atomic E-state index is 0.0433. The SMILES string of the molecule is CC1C2CO[C@@H](C2)C(C)C1c1cc(=O)n2c(n1)N(CC(=O)N1C3CCC1COC3)[C@H](C(F)(F)F)CC2. The van der Waals surface area contributed by atoms with Crippen molar-refractivity contribution < 1.29 is 27.4 Å². The van der Waals surface area contributed by atoms with Crippen molar-refractivity contribution in [2.24, 2.45) is 17.8 Å². The Labute approximate surface area is 207 Å². The van der Waals surface area contributed by atoms with Crippen LogP contribution in [0.25, 0.3) is 0 Å². The highest BCUT2D eigenvalue weighted by Crippen LogP contribution is 2.49. The van der Waals surface area contributed by atoms with E-state index in [0.717, 1.165) is 24.2 Å². The summed E-state index contributed by atoms with van der Waals surface area (Å²) >= 11 is 0. The molecule has 4 bridgehead atoms. The molecule has 3 saturated heterocycles. The predicted octanol–water partition coefficient (Wildman–Crippen LogP) is 2.55. The summed E-state index contributed by atoms with van der Waals surface area (Å²) < 4.78 is 55.4. The van der Waals surface area contributed by atoms with Gasteiger partial charge in [0.2, 0.25) is 11.9 Å². The van der Waals surface area contributed by atoms with Crippen LogP contribution in [-0.4, -0.2) is 77.1 Å². The second-order valence-electron chi connectivity index (χ2n) is 11.3. The smallest absolute Gasteiger partial charge is 0.378 e. The van der Waals surface area contributed by atoms with E-state index in [0.29, 0.717) is 31.4 Å². The molecule has 0 aromatic carbocycles. The first kappa shape index (κ1) is 24.2. The average Bonchev–Trinajstić information content (AvgIpc) is 3.38. The summed E-state index contributed by atoms with van der Waals surface area (Å²) in [7, 11) is 0. The monoisotopic (exact) mass is 510 g/mol. The summed E-state index contributed by atoms with van der Waals surface area (Å²) in [6.07, 6.45) is -2.24. The fraction of sp³-hybridized carbons (Fsp3) is 0.800. The predicted molar refractivity (Wildman–Crippen MR) is 124 cm³/mol. The number of hydrogen-bond acceptors (Lipinski definition) is 6. The number of aromatic nitrogens is 2. The van der Waals surface area contributed by atoms with E-state index in [1.165, 1.54) is 10.6 Å². The molecule has 1 amide bonds. The second kappa shape index (κ2) is 8.72. The Kier molecular flexibility index (Phi) is 5.86. The molecule has 4 fully saturated rings. The normalized spacial score (nSPS) is 37.8. The fourth-order valence-electron chi connectivity index (χ4n) is 7.40. The van der Waals surface area contributed by atoms with Crippen LogP contribution in [0.1, 0.15) is 51.1 Å². The summed E-state index contributed by atoms with van der Waals surface area (Å²) in [5.41, 5.74) is 0.149. The van der Waals surface area contributed by atoms with Gasteiger partial charge in [-0.05, 0) is 43.4 Å². The molecule has 6 rings (SSSR count). The number of alkyl halides is 3. The molecule has 198 valence electrons. The molecule has 11 heteroatoms. The maximum atomic E-state index is 14.2. The van der Waals surface area contributed by atoms with Gasteiger partial charge in [0, 0.05) is 18.5 Å². The van der Waals surface area contributed by atoms with E-state index >= 15 is 0 Å². The van der Waals surface area contributed by atoms with Crippen LogP contribution >= 0.6 is 0 Å². The van der Waals surface area contributed by atoms with Crippen LogP contribution in [0.4, 0.5) is 19.1 Å². The van der Waals surface area contributed by atoms with Gasteiger partial charge in [0.15, 0.2) is 0 Å². The summed E-state index contributed by atoms with van der Waals surface area (Å²) in [6, 6.07) is -0.595. The van der Waals surface area contributed by atoms with E-state index in [2.05, 4.69) is 13.8 Å². The fourth-order valence-corrected chi connectivity index (χ4v) is 7.40. The molecule has 0 spiro atoms.